The molecule has 0 aliphatic heterocycles. The van der Waals surface area contributed by atoms with Crippen molar-refractivity contribution >= 4 is 22.7 Å². The van der Waals surface area contributed by atoms with Gasteiger partial charge in [-0.2, -0.15) is 0 Å². The number of nitrogens with zero attached hydrogens (tertiary/aromatic N) is 1. The number of aromatic hydroxyl groups is 1. The van der Waals surface area contributed by atoms with Gasteiger partial charge < -0.3 is 9.84 Å². The van der Waals surface area contributed by atoms with Gasteiger partial charge in [0.05, 0.1) is 5.69 Å². The van der Waals surface area contributed by atoms with Crippen LogP contribution in [0.3, 0.4) is 0 Å². The molecule has 0 aromatic heterocycles. The van der Waals surface area contributed by atoms with Crippen molar-refractivity contribution in [3.8, 4) is 11.5 Å². The average molecular weight is 331 g/mol. The van der Waals surface area contributed by atoms with Crippen molar-refractivity contribution in [2.45, 2.75) is 6.36 Å². The highest BCUT2D eigenvalue weighted by molar-refractivity contribution is 6.02. The van der Waals surface area contributed by atoms with E-state index in [0.29, 0.717) is 11.3 Å². The first kappa shape index (κ1) is 15.9. The molecule has 0 radical (unpaired) electrons. The molecule has 0 fully saturated rings. The number of ether oxygens (including phenoxy) is 1. The highest BCUT2D eigenvalue weighted by Crippen LogP contribution is 2.27. The van der Waals surface area contributed by atoms with Gasteiger partial charge in [0, 0.05) is 11.8 Å². The van der Waals surface area contributed by atoms with E-state index in [1.165, 1.54) is 30.5 Å². The van der Waals surface area contributed by atoms with Crippen molar-refractivity contribution in [1.82, 2.24) is 0 Å². The number of alkyl halides is 3. The molecule has 0 spiro atoms. The zero-order valence-corrected chi connectivity index (χ0v) is 12.3. The van der Waals surface area contributed by atoms with Crippen molar-refractivity contribution in [3.63, 3.8) is 0 Å². The van der Waals surface area contributed by atoms with Gasteiger partial charge in [-0.3, -0.25) is 4.99 Å². The summed E-state index contributed by atoms with van der Waals surface area (Å²) in [6, 6.07) is 16.1. The molecule has 1 N–H and O–H groups in total. The lowest BCUT2D eigenvalue weighted by Crippen LogP contribution is -2.16. The predicted molar refractivity (Wildman–Crippen MR) is 86.0 cm³/mol. The Kier molecular flexibility index (Phi) is 4.12. The molecule has 0 aliphatic rings. The first-order valence-electron chi connectivity index (χ1n) is 7.03. The molecule has 0 unspecified atom stereocenters. The van der Waals surface area contributed by atoms with Crippen LogP contribution in [0.25, 0.3) is 10.8 Å². The maximum atomic E-state index is 12.1. The lowest BCUT2D eigenvalue weighted by Gasteiger charge is -2.08. The summed E-state index contributed by atoms with van der Waals surface area (Å²) in [6.45, 7) is 0. The molecule has 0 heterocycles. The van der Waals surface area contributed by atoms with E-state index < -0.39 is 6.36 Å². The highest BCUT2D eigenvalue weighted by atomic mass is 19.4. The lowest BCUT2D eigenvalue weighted by molar-refractivity contribution is -0.274. The quantitative estimate of drug-likeness (QED) is 0.671. The van der Waals surface area contributed by atoms with Crippen LogP contribution in [0.4, 0.5) is 18.9 Å². The molecule has 3 rings (SSSR count). The van der Waals surface area contributed by atoms with Gasteiger partial charge in [-0.15, -0.1) is 13.2 Å². The Balaban J connectivity index is 1.88. The molecule has 0 saturated heterocycles. The van der Waals surface area contributed by atoms with Gasteiger partial charge in [0.2, 0.25) is 0 Å². The van der Waals surface area contributed by atoms with Gasteiger partial charge in [0.25, 0.3) is 0 Å². The molecular weight excluding hydrogens is 319 g/mol. The maximum absolute atomic E-state index is 12.1. The normalized spacial score (nSPS) is 12.0. The molecular formula is C18H12F3NO2. The third kappa shape index (κ3) is 3.65. The Labute approximate surface area is 135 Å². The van der Waals surface area contributed by atoms with E-state index in [2.05, 4.69) is 9.73 Å². The predicted octanol–water partition coefficient (Wildman–Crippen LogP) is 5.19. The Morgan fingerprint density at radius 2 is 1.62 bits per heavy atom. The summed E-state index contributed by atoms with van der Waals surface area (Å²) in [4.78, 5) is 4.20. The van der Waals surface area contributed by atoms with Crippen molar-refractivity contribution < 1.29 is 23.0 Å². The van der Waals surface area contributed by atoms with Crippen LogP contribution in [0.1, 0.15) is 5.56 Å². The van der Waals surface area contributed by atoms with Gasteiger partial charge in [-0.05, 0) is 41.1 Å². The molecule has 122 valence electrons. The van der Waals surface area contributed by atoms with Crippen LogP contribution in [0.15, 0.2) is 65.7 Å². The molecule has 0 atom stereocenters. The topological polar surface area (TPSA) is 41.8 Å². The molecule has 3 aromatic rings. The number of benzene rings is 3. The van der Waals surface area contributed by atoms with Crippen LogP contribution >= 0.6 is 0 Å². The Bertz CT molecular complexity index is 887. The first-order chi connectivity index (χ1) is 11.4. The summed E-state index contributed by atoms with van der Waals surface area (Å²) in [6.07, 6.45) is -3.24. The Morgan fingerprint density at radius 1 is 0.917 bits per heavy atom. The van der Waals surface area contributed by atoms with Crippen molar-refractivity contribution in [3.05, 3.63) is 66.2 Å². The van der Waals surface area contributed by atoms with Gasteiger partial charge in [0.1, 0.15) is 11.5 Å². The monoisotopic (exact) mass is 331 g/mol. The zero-order valence-electron chi connectivity index (χ0n) is 12.3. The summed E-state index contributed by atoms with van der Waals surface area (Å²) in [7, 11) is 0. The molecule has 0 amide bonds. The number of fused-ring (bicyclic) bond motifs is 1. The van der Waals surface area contributed by atoms with E-state index >= 15 is 0 Å². The van der Waals surface area contributed by atoms with Crippen molar-refractivity contribution in [2.75, 3.05) is 0 Å². The van der Waals surface area contributed by atoms with E-state index in [0.717, 1.165) is 10.8 Å². The number of halogens is 3. The van der Waals surface area contributed by atoms with Gasteiger partial charge in [-0.1, -0.05) is 30.3 Å². The maximum Gasteiger partial charge on any atom is 0.573 e. The summed E-state index contributed by atoms with van der Waals surface area (Å²) in [5.74, 6) is -0.232. The van der Waals surface area contributed by atoms with E-state index in [1.54, 1.807) is 12.1 Å². The minimum Gasteiger partial charge on any atom is -0.507 e. The van der Waals surface area contributed by atoms with Crippen LogP contribution in [0.2, 0.25) is 0 Å². The molecule has 0 saturated carbocycles. The fourth-order valence-electron chi connectivity index (χ4n) is 2.29. The second-order valence-corrected chi connectivity index (χ2v) is 5.02. The first-order valence-corrected chi connectivity index (χ1v) is 7.03. The molecule has 0 bridgehead atoms. The third-order valence-corrected chi connectivity index (χ3v) is 3.36. The SMILES string of the molecule is Oc1ccc2ccccc2c1C=Nc1ccc(OC(F)(F)F)cc1. The number of aliphatic imine (C=N–C) groups is 1. The largest absolute Gasteiger partial charge is 0.573 e. The standard InChI is InChI=1S/C18H12F3NO2/c19-18(20,21)24-14-8-6-13(7-9-14)22-11-16-15-4-2-1-3-12(15)5-10-17(16)23/h1-11,23H. The summed E-state index contributed by atoms with van der Waals surface area (Å²) in [5, 5.41) is 11.8. The second kappa shape index (κ2) is 6.23. The fourth-order valence-corrected chi connectivity index (χ4v) is 2.29. The number of phenols is 1. The van der Waals surface area contributed by atoms with Crippen LogP contribution < -0.4 is 4.74 Å². The van der Waals surface area contributed by atoms with E-state index in [1.807, 2.05) is 24.3 Å². The second-order valence-electron chi connectivity index (χ2n) is 5.02. The van der Waals surface area contributed by atoms with Crippen molar-refractivity contribution in [2.24, 2.45) is 4.99 Å². The summed E-state index contributed by atoms with van der Waals surface area (Å²) < 4.78 is 40.2. The van der Waals surface area contributed by atoms with Gasteiger partial charge in [-0.25, -0.2) is 0 Å². The van der Waals surface area contributed by atoms with E-state index in [-0.39, 0.29) is 11.5 Å². The number of rotatable bonds is 3. The number of phenolic OH excluding ortho intramolecular Hbond substituents is 1. The highest BCUT2D eigenvalue weighted by Gasteiger charge is 2.30. The minimum atomic E-state index is -4.72. The lowest BCUT2D eigenvalue weighted by atomic mass is 10.0. The summed E-state index contributed by atoms with van der Waals surface area (Å²) >= 11 is 0. The summed E-state index contributed by atoms with van der Waals surface area (Å²) in [5.41, 5.74) is 0.987. The van der Waals surface area contributed by atoms with Crippen LogP contribution in [-0.2, 0) is 0 Å². The van der Waals surface area contributed by atoms with Crippen LogP contribution in [0, 0.1) is 0 Å². The van der Waals surface area contributed by atoms with Gasteiger partial charge in [0.15, 0.2) is 0 Å². The van der Waals surface area contributed by atoms with Crippen LogP contribution in [0.5, 0.6) is 11.5 Å². The zero-order chi connectivity index (χ0) is 17.2. The average Bonchev–Trinajstić information content (AvgIpc) is 2.54. The fraction of sp³-hybridized carbons (Fsp3) is 0.0556. The third-order valence-electron chi connectivity index (χ3n) is 3.36. The Morgan fingerprint density at radius 3 is 2.33 bits per heavy atom. The molecule has 3 nitrogen and oxygen atoms in total. The van der Waals surface area contributed by atoms with E-state index in [9.17, 15) is 18.3 Å². The molecule has 3 aromatic carbocycles. The number of hydrogen-bond acceptors (Lipinski definition) is 3. The van der Waals surface area contributed by atoms with Crippen molar-refractivity contribution in [1.29, 1.82) is 0 Å². The molecule has 0 aliphatic carbocycles. The van der Waals surface area contributed by atoms with Crippen LogP contribution in [-0.4, -0.2) is 17.7 Å². The van der Waals surface area contributed by atoms with E-state index in [4.69, 9.17) is 0 Å². The number of hydrogen-bond donors (Lipinski definition) is 1. The smallest absolute Gasteiger partial charge is 0.507 e. The molecule has 6 heteroatoms. The Hall–Kier alpha value is -3.02. The van der Waals surface area contributed by atoms with Gasteiger partial charge >= 0.3 is 6.36 Å². The molecule has 24 heavy (non-hydrogen) atoms. The minimum absolute atomic E-state index is 0.0782.